The summed E-state index contributed by atoms with van der Waals surface area (Å²) >= 11 is 0. The third-order valence-corrected chi connectivity index (χ3v) is 10.9. The quantitative estimate of drug-likeness (QED) is 0.109. The van der Waals surface area contributed by atoms with Gasteiger partial charge in [-0.05, 0) is 82.0 Å². The summed E-state index contributed by atoms with van der Waals surface area (Å²) in [6.07, 6.45) is 13.7. The molecular formula is C50H68O2OsRu. The SMILES string of the molecule is CC1(C2CCCC2)c2ccccc2-c2ccccc21.CC1(C2CCCC2)c2ccccc2-c2ccccc21.CCC.CCC.[C-]#[O+].[C-]#[O+].[CH3-].[CH3-].[CH3-].[CH3-].[Os+2].[Ru+2]. The van der Waals surface area contributed by atoms with E-state index < -0.39 is 0 Å². The molecule has 2 nitrogen and oxygen atoms in total. The molecule has 0 aromatic heterocycles. The Morgan fingerprint density at radius 3 is 0.796 bits per heavy atom. The molecule has 296 valence electrons. The van der Waals surface area contributed by atoms with E-state index in [1.54, 1.807) is 22.3 Å². The predicted octanol–water partition coefficient (Wildman–Crippen LogP) is 14.9. The Hall–Kier alpha value is -2.38. The minimum absolute atomic E-state index is 0. The third-order valence-electron chi connectivity index (χ3n) is 10.9. The molecule has 54 heavy (non-hydrogen) atoms. The summed E-state index contributed by atoms with van der Waals surface area (Å²) in [5.41, 5.74) is 12.6. The first kappa shape index (κ1) is 58.3. The molecule has 4 heteroatoms. The van der Waals surface area contributed by atoms with Gasteiger partial charge in [0.2, 0.25) is 0 Å². The van der Waals surface area contributed by atoms with E-state index in [1.165, 1.54) is 86.5 Å². The van der Waals surface area contributed by atoms with Crippen molar-refractivity contribution in [2.24, 2.45) is 11.8 Å². The van der Waals surface area contributed by atoms with Crippen LogP contribution in [-0.4, -0.2) is 0 Å². The Labute approximate surface area is 359 Å². The summed E-state index contributed by atoms with van der Waals surface area (Å²) in [4.78, 5) is 0. The molecule has 4 aliphatic rings. The van der Waals surface area contributed by atoms with Crippen molar-refractivity contribution in [1.29, 1.82) is 0 Å². The Morgan fingerprint density at radius 2 is 0.611 bits per heavy atom. The van der Waals surface area contributed by atoms with Crippen molar-refractivity contribution < 1.29 is 48.6 Å². The number of hydrogen-bond acceptors (Lipinski definition) is 0. The zero-order valence-electron chi connectivity index (χ0n) is 35.0. The molecule has 0 saturated heterocycles. The molecule has 2 saturated carbocycles. The van der Waals surface area contributed by atoms with Crippen molar-refractivity contribution >= 4 is 0 Å². The number of fused-ring (bicyclic) bond motifs is 6. The van der Waals surface area contributed by atoms with Crippen molar-refractivity contribution in [1.82, 2.24) is 0 Å². The van der Waals surface area contributed by atoms with E-state index in [-0.39, 0.29) is 79.8 Å². The molecule has 8 rings (SSSR count). The van der Waals surface area contributed by atoms with E-state index in [4.69, 9.17) is 9.30 Å². The van der Waals surface area contributed by atoms with Crippen LogP contribution >= 0.6 is 0 Å². The summed E-state index contributed by atoms with van der Waals surface area (Å²) in [7, 11) is 0. The van der Waals surface area contributed by atoms with E-state index in [2.05, 4.69) is 152 Å². The molecule has 0 aliphatic heterocycles. The summed E-state index contributed by atoms with van der Waals surface area (Å²) < 4.78 is 15.0. The van der Waals surface area contributed by atoms with Gasteiger partial charge < -0.3 is 29.7 Å². The van der Waals surface area contributed by atoms with Crippen LogP contribution in [0.3, 0.4) is 0 Å². The maximum absolute atomic E-state index is 7.50. The van der Waals surface area contributed by atoms with Gasteiger partial charge in [-0.25, -0.2) is 0 Å². The summed E-state index contributed by atoms with van der Waals surface area (Å²) in [5.74, 6) is 1.63. The second-order valence-electron chi connectivity index (χ2n) is 14.0. The van der Waals surface area contributed by atoms with Gasteiger partial charge in [-0.1, -0.05) is 177 Å². The average Bonchev–Trinajstić information content (AvgIpc) is 3.96. The second-order valence-corrected chi connectivity index (χ2v) is 14.0. The summed E-state index contributed by atoms with van der Waals surface area (Å²) in [6.45, 7) is 22.5. The number of hydrogen-bond donors (Lipinski definition) is 0. The molecular weight excluding hydrogens is 924 g/mol. The number of rotatable bonds is 2. The monoisotopic (exact) mass is 994 g/mol. The van der Waals surface area contributed by atoms with E-state index in [1.807, 2.05) is 0 Å². The van der Waals surface area contributed by atoms with Crippen LogP contribution < -0.4 is 0 Å². The zero-order chi connectivity index (χ0) is 35.2. The predicted molar refractivity (Wildman–Crippen MR) is 226 cm³/mol. The van der Waals surface area contributed by atoms with E-state index >= 15 is 0 Å². The van der Waals surface area contributed by atoms with Gasteiger partial charge in [0.15, 0.2) is 0 Å². The van der Waals surface area contributed by atoms with Crippen LogP contribution in [0.2, 0.25) is 0 Å². The molecule has 0 spiro atoms. The van der Waals surface area contributed by atoms with Gasteiger partial charge in [0.25, 0.3) is 0 Å². The molecule has 0 heterocycles. The van der Waals surface area contributed by atoms with Gasteiger partial charge in [0, 0.05) is 10.8 Å². The van der Waals surface area contributed by atoms with E-state index in [9.17, 15) is 0 Å². The Kier molecular flexibility index (Phi) is 31.3. The molecule has 0 N–H and O–H groups in total. The molecule has 4 aliphatic carbocycles. The molecule has 0 atom stereocenters. The fourth-order valence-electron chi connectivity index (χ4n) is 8.86. The Bertz CT molecular complexity index is 1400. The molecule has 0 unspecified atom stereocenters. The molecule has 4 aromatic carbocycles. The zero-order valence-corrected chi connectivity index (χ0v) is 39.3. The molecule has 4 aromatic rings. The van der Waals surface area contributed by atoms with Crippen LogP contribution in [0.5, 0.6) is 0 Å². The minimum atomic E-state index is 0. The maximum atomic E-state index is 7.50. The van der Waals surface area contributed by atoms with Crippen LogP contribution in [0.1, 0.15) is 128 Å². The molecule has 0 radical (unpaired) electrons. The summed E-state index contributed by atoms with van der Waals surface area (Å²) in [6, 6.07) is 36.2. The van der Waals surface area contributed by atoms with Crippen molar-refractivity contribution in [3.8, 4) is 22.3 Å². The smallest absolute Gasteiger partial charge is 0.358 e. The van der Waals surface area contributed by atoms with Crippen molar-refractivity contribution in [2.45, 2.75) is 117 Å². The van der Waals surface area contributed by atoms with Crippen molar-refractivity contribution in [2.75, 3.05) is 0 Å². The maximum Gasteiger partial charge on any atom is 2.00 e. The van der Waals surface area contributed by atoms with Crippen molar-refractivity contribution in [3.63, 3.8) is 0 Å². The van der Waals surface area contributed by atoms with Crippen LogP contribution in [-0.2, 0) is 59.4 Å². The minimum Gasteiger partial charge on any atom is -0.358 e. The second kappa shape index (κ2) is 28.9. The van der Waals surface area contributed by atoms with Crippen LogP contribution in [0, 0.1) is 54.8 Å². The van der Waals surface area contributed by atoms with Gasteiger partial charge in [-0.15, -0.1) is 0 Å². The summed E-state index contributed by atoms with van der Waals surface area (Å²) in [5, 5.41) is 0. The standard InChI is InChI=1S/2C19H20.2C3H8.2CO.4CH3.Os.Ru/c2*1-19(14-8-2-3-9-14)17-12-6-4-10-15(17)16-11-5-7-13-18(16)19;2*1-3-2;2*1-2;;;;;;/h2*4-7,10-14H,2-3,8-9H2,1H3;2*3H2,1-2H3;;;4*1H3;;/q;;;;;;4*-1;2*+2. The van der Waals surface area contributed by atoms with Gasteiger partial charge in [0.1, 0.15) is 0 Å². The van der Waals surface area contributed by atoms with Crippen LogP contribution in [0.25, 0.3) is 22.3 Å². The Balaban J connectivity index is -0.000000344. The number of benzene rings is 4. The van der Waals surface area contributed by atoms with Crippen LogP contribution in [0.4, 0.5) is 0 Å². The first-order valence-corrected chi connectivity index (χ1v) is 18.3. The Morgan fingerprint density at radius 1 is 0.444 bits per heavy atom. The van der Waals surface area contributed by atoms with Gasteiger partial charge in [-0.3, -0.25) is 0 Å². The van der Waals surface area contributed by atoms with E-state index in [0.29, 0.717) is 0 Å². The molecule has 0 bridgehead atoms. The van der Waals surface area contributed by atoms with Gasteiger partial charge >= 0.3 is 61.9 Å². The van der Waals surface area contributed by atoms with Crippen LogP contribution in [0.15, 0.2) is 97.1 Å². The normalized spacial score (nSPS) is 15.0. The molecule has 0 amide bonds. The first-order valence-electron chi connectivity index (χ1n) is 18.3. The average molecular weight is 992 g/mol. The third kappa shape index (κ3) is 11.8. The topological polar surface area (TPSA) is 39.8 Å². The fraction of sp³-hybridized carbons (Fsp3) is 0.400. The largest absolute Gasteiger partial charge is 2.00 e. The van der Waals surface area contributed by atoms with Crippen molar-refractivity contribution in [3.05, 3.63) is 162 Å². The first-order chi connectivity index (χ1) is 23.5. The van der Waals surface area contributed by atoms with Gasteiger partial charge in [0.05, 0.1) is 0 Å². The molecule has 2 fully saturated rings. The van der Waals surface area contributed by atoms with E-state index in [0.717, 1.165) is 11.8 Å². The fourth-order valence-corrected chi connectivity index (χ4v) is 8.86. The van der Waals surface area contributed by atoms with Gasteiger partial charge in [-0.2, -0.15) is 0 Å².